The Hall–Kier alpha value is -15.5. The molecule has 18 aromatic carbocycles. The summed E-state index contributed by atoms with van der Waals surface area (Å²) in [5, 5.41) is 11.8. The summed E-state index contributed by atoms with van der Waals surface area (Å²) in [4.78, 5) is 11.4. The summed E-state index contributed by atoms with van der Waals surface area (Å²) in [6, 6.07) is 152. The maximum atomic E-state index is 5.86. The highest BCUT2D eigenvalue weighted by atomic mass is 15.0. The predicted octanol–water partition coefficient (Wildman–Crippen LogP) is 29.0. The van der Waals surface area contributed by atoms with Crippen LogP contribution < -0.4 is 0 Å². The van der Waals surface area contributed by atoms with E-state index in [0.717, 1.165) is 161 Å². The minimum atomic E-state index is 0.672. The van der Waals surface area contributed by atoms with Gasteiger partial charge in [0, 0.05) is 88.1 Å². The van der Waals surface area contributed by atoms with Crippen molar-refractivity contribution in [2.45, 2.75) is 0 Å². The molecule has 23 aromatic rings. The average Bonchev–Trinajstić information content (AvgIpc) is 1.60. The van der Waals surface area contributed by atoms with Crippen LogP contribution in [0.25, 0.3) is 233 Å². The molecule has 0 radical (unpaired) electrons. The van der Waals surface area contributed by atoms with Gasteiger partial charge in [-0.05, 0) is 223 Å². The second-order valence-electron chi connectivity index (χ2n) is 30.8. The number of hydrogen-bond acceptors (Lipinski definition) is 2. The molecule has 0 spiro atoms. The van der Waals surface area contributed by atoms with E-state index in [1.165, 1.54) is 65.6 Å². The molecule has 538 valence electrons. The molecule has 0 unspecified atom stereocenters. The van der Waals surface area contributed by atoms with Crippen molar-refractivity contribution in [1.82, 2.24) is 28.2 Å². The minimum absolute atomic E-state index is 0.672. The molecule has 6 nitrogen and oxygen atoms in total. The third-order valence-corrected chi connectivity index (χ3v) is 24.2. The first-order chi connectivity index (χ1) is 57.5. The van der Waals surface area contributed by atoms with Gasteiger partial charge in [-0.2, -0.15) is 0 Å². The summed E-state index contributed by atoms with van der Waals surface area (Å²) in [6.07, 6.45) is 0. The highest BCUT2D eigenvalue weighted by Gasteiger charge is 2.31. The largest absolute Gasteiger partial charge is 0.309 e. The molecule has 116 heavy (non-hydrogen) atoms. The van der Waals surface area contributed by atoms with Crippen LogP contribution in [0.4, 0.5) is 0 Å². The lowest BCUT2D eigenvalue weighted by Gasteiger charge is -2.18. The lowest BCUT2D eigenvalue weighted by molar-refractivity contribution is 1.13. The van der Waals surface area contributed by atoms with Gasteiger partial charge in [0.15, 0.2) is 5.82 Å². The van der Waals surface area contributed by atoms with Gasteiger partial charge in [-0.15, -0.1) is 0 Å². The summed E-state index contributed by atoms with van der Waals surface area (Å²) < 4.78 is 9.86. The van der Waals surface area contributed by atoms with E-state index in [2.05, 4.69) is 431 Å². The van der Waals surface area contributed by atoms with E-state index >= 15 is 0 Å². The highest BCUT2D eigenvalue weighted by molar-refractivity contribution is 6.19. The van der Waals surface area contributed by atoms with Gasteiger partial charge in [0.1, 0.15) is 0 Å². The van der Waals surface area contributed by atoms with Crippen LogP contribution in [0.5, 0.6) is 0 Å². The van der Waals surface area contributed by atoms with E-state index in [4.69, 9.17) is 9.97 Å². The number of benzene rings is 18. The molecule has 5 aromatic heterocycles. The zero-order valence-electron chi connectivity index (χ0n) is 62.9. The summed E-state index contributed by atoms with van der Waals surface area (Å²) in [7, 11) is 0. The molecule has 0 fully saturated rings. The Kier molecular flexibility index (Phi) is 14.7. The number of fused-ring (bicyclic) bond motifs is 15. The smallest absolute Gasteiger partial charge is 0.160 e. The Balaban J connectivity index is 0.756. The summed E-state index contributed by atoms with van der Waals surface area (Å²) in [6.45, 7) is 0. The zero-order chi connectivity index (χ0) is 76.1. The van der Waals surface area contributed by atoms with Gasteiger partial charge < -0.3 is 18.3 Å². The van der Waals surface area contributed by atoms with Crippen LogP contribution in [-0.4, -0.2) is 28.2 Å². The fourth-order valence-electron chi connectivity index (χ4n) is 18.9. The first kappa shape index (κ1) is 65.2. The number of aromatic nitrogens is 6. The lowest BCUT2D eigenvalue weighted by atomic mass is 9.98. The molecule has 0 saturated heterocycles. The molecule has 5 heterocycles. The van der Waals surface area contributed by atoms with Crippen LogP contribution in [0.2, 0.25) is 0 Å². The van der Waals surface area contributed by atoms with Crippen LogP contribution in [-0.2, 0) is 0 Å². The molecule has 0 bridgehead atoms. The topological polar surface area (TPSA) is 45.5 Å². The Labute approximate surface area is 668 Å². The Morgan fingerprint density at radius 3 is 0.733 bits per heavy atom. The molecule has 0 aliphatic heterocycles. The predicted molar refractivity (Wildman–Crippen MR) is 485 cm³/mol. The summed E-state index contributed by atoms with van der Waals surface area (Å²) in [5.74, 6) is 0.672. The molecule has 1 aliphatic rings. The Morgan fingerprint density at radius 2 is 0.422 bits per heavy atom. The van der Waals surface area contributed by atoms with E-state index in [-0.39, 0.29) is 0 Å². The summed E-state index contributed by atoms with van der Waals surface area (Å²) >= 11 is 0. The molecule has 0 saturated carbocycles. The van der Waals surface area contributed by atoms with Gasteiger partial charge in [-0.3, -0.25) is 0 Å². The Bertz CT molecular complexity index is 7570. The molecule has 6 heteroatoms. The van der Waals surface area contributed by atoms with Crippen molar-refractivity contribution < 1.29 is 0 Å². The second-order valence-corrected chi connectivity index (χ2v) is 30.8. The number of nitrogens with zero attached hydrogens (tertiary/aromatic N) is 6. The van der Waals surface area contributed by atoms with Crippen molar-refractivity contribution in [3.05, 3.63) is 413 Å². The molecule has 24 rings (SSSR count). The number of hydrogen-bond donors (Lipinski definition) is 0. The normalized spacial score (nSPS) is 12.0. The molecular formula is C110H68N6. The average molecular weight is 1470 g/mol. The van der Waals surface area contributed by atoms with Gasteiger partial charge in [0.05, 0.1) is 55.5 Å². The van der Waals surface area contributed by atoms with Gasteiger partial charge in [0.25, 0.3) is 0 Å². The van der Waals surface area contributed by atoms with Gasteiger partial charge in [0.2, 0.25) is 0 Å². The van der Waals surface area contributed by atoms with E-state index < -0.39 is 0 Å². The second kappa shape index (κ2) is 26.1. The van der Waals surface area contributed by atoms with Crippen LogP contribution in [0.15, 0.2) is 413 Å². The van der Waals surface area contributed by atoms with Crippen molar-refractivity contribution in [3.8, 4) is 135 Å². The lowest BCUT2D eigenvalue weighted by Crippen LogP contribution is -2.02. The van der Waals surface area contributed by atoms with Crippen LogP contribution in [0.1, 0.15) is 0 Å². The van der Waals surface area contributed by atoms with Crippen molar-refractivity contribution in [2.75, 3.05) is 0 Å². The molecule has 0 atom stereocenters. The van der Waals surface area contributed by atoms with Crippen molar-refractivity contribution in [1.29, 1.82) is 0 Å². The molecule has 0 N–H and O–H groups in total. The van der Waals surface area contributed by atoms with E-state index in [1.807, 2.05) is 0 Å². The van der Waals surface area contributed by atoms with Gasteiger partial charge in [-0.25, -0.2) is 9.97 Å². The number of para-hydroxylation sites is 2. The molecular weight excluding hydrogens is 1410 g/mol. The minimum Gasteiger partial charge on any atom is -0.309 e. The van der Waals surface area contributed by atoms with Crippen molar-refractivity contribution in [2.24, 2.45) is 0 Å². The van der Waals surface area contributed by atoms with E-state index in [9.17, 15) is 0 Å². The molecule has 1 aliphatic carbocycles. The quantitative estimate of drug-likeness (QED) is 0.122. The third kappa shape index (κ3) is 10.4. The first-order valence-corrected chi connectivity index (χ1v) is 39.8. The standard InChI is InChI=1S/C110H68N6/c1-8-24-69(25-9-1)75-42-50-98-90(60-75)94-64-79(46-54-100(94)113(98)84-36-18-6-19-37-84)81-48-56-104-96(66-81)92-62-77(71-28-12-3-13-29-71)44-52-102(92)115(104)86-58-83(108-107-88-40-22-34-73-35-23-41-89(106(73)88)109(107)112-110(111-108)74-32-16-5-17-33-74)59-87(68-86)116-103-53-45-78(72-30-14-4-15-31-72)63-93(103)97-67-82(49-57-105(97)116)80-47-55-101-95(65-80)91-61-76(70-26-10-2-11-27-70)43-51-99(91)114(101)85-38-20-7-21-39-85/h1-68H. The fourth-order valence-corrected chi connectivity index (χ4v) is 18.9. The summed E-state index contributed by atoms with van der Waals surface area (Å²) in [5.41, 5.74) is 34.1. The maximum Gasteiger partial charge on any atom is 0.160 e. The molecule has 0 amide bonds. The zero-order valence-corrected chi connectivity index (χ0v) is 62.9. The third-order valence-electron chi connectivity index (χ3n) is 24.2. The SMILES string of the molecule is c1ccc(-c2ccc3c(c2)c2cc(-c4ccc5c(c4)c4cc(-c6ccccc6)ccc4n5-c4cc(-c5nc(-c6ccccc6)nc6c5-c5cccc7cccc-6c57)cc(-n5c6ccc(-c7ccccc7)cc6c6cc(-c7ccc8c(c7)c7cc(-c9ccccc9)ccc7n8-c7ccccc7)ccc65)c4)ccc2n3-c2ccccc2)cc1. The first-order valence-electron chi connectivity index (χ1n) is 39.8. The fraction of sp³-hybridized carbons (Fsp3) is 0. The van der Waals surface area contributed by atoms with Crippen molar-refractivity contribution >= 4 is 98.0 Å². The van der Waals surface area contributed by atoms with Gasteiger partial charge in [-0.1, -0.05) is 273 Å². The van der Waals surface area contributed by atoms with Crippen LogP contribution in [0, 0.1) is 0 Å². The maximum absolute atomic E-state index is 5.86. The highest BCUT2D eigenvalue weighted by Crippen LogP contribution is 2.52. The van der Waals surface area contributed by atoms with Crippen LogP contribution >= 0.6 is 0 Å². The van der Waals surface area contributed by atoms with Gasteiger partial charge >= 0.3 is 0 Å². The van der Waals surface area contributed by atoms with E-state index in [1.54, 1.807) is 0 Å². The monoisotopic (exact) mass is 1470 g/mol. The number of rotatable bonds is 12. The Morgan fingerprint density at radius 1 is 0.164 bits per heavy atom. The van der Waals surface area contributed by atoms with Crippen LogP contribution in [0.3, 0.4) is 0 Å². The van der Waals surface area contributed by atoms with E-state index in [0.29, 0.717) is 5.82 Å². The van der Waals surface area contributed by atoms with Crippen molar-refractivity contribution in [3.63, 3.8) is 0 Å².